The standard InChI is InChI=1S/C15H19NO3S/c1-10-3-5-12(6-4-10)7-8-14(17)16-11(2)20-9-13(16)15(18)19/h3-6,11,13H,7-9H2,1-2H3,(H,18,19). The van der Waals surface area contributed by atoms with Crippen LogP contribution in [0.1, 0.15) is 24.5 Å². The highest BCUT2D eigenvalue weighted by atomic mass is 32.2. The Morgan fingerprint density at radius 1 is 1.35 bits per heavy atom. The topological polar surface area (TPSA) is 57.6 Å². The molecule has 108 valence electrons. The van der Waals surface area contributed by atoms with Crippen molar-refractivity contribution in [3.8, 4) is 0 Å². The maximum Gasteiger partial charge on any atom is 0.327 e. The molecule has 0 bridgehead atoms. The molecule has 1 aromatic rings. The summed E-state index contributed by atoms with van der Waals surface area (Å²) in [6.07, 6.45) is 1.01. The van der Waals surface area contributed by atoms with E-state index in [2.05, 4.69) is 0 Å². The molecular weight excluding hydrogens is 274 g/mol. The molecule has 2 rings (SSSR count). The van der Waals surface area contributed by atoms with E-state index in [-0.39, 0.29) is 11.3 Å². The fourth-order valence-electron chi connectivity index (χ4n) is 2.35. The summed E-state index contributed by atoms with van der Waals surface area (Å²) in [5.41, 5.74) is 2.30. The summed E-state index contributed by atoms with van der Waals surface area (Å²) >= 11 is 1.52. The van der Waals surface area contributed by atoms with E-state index < -0.39 is 12.0 Å². The zero-order valence-electron chi connectivity index (χ0n) is 11.7. The van der Waals surface area contributed by atoms with Crippen molar-refractivity contribution in [2.45, 2.75) is 38.1 Å². The van der Waals surface area contributed by atoms with Gasteiger partial charge in [-0.05, 0) is 25.8 Å². The minimum absolute atomic E-state index is 0.0541. The van der Waals surface area contributed by atoms with Crippen LogP contribution in [-0.2, 0) is 16.0 Å². The van der Waals surface area contributed by atoms with E-state index in [0.717, 1.165) is 5.56 Å². The number of hydrogen-bond acceptors (Lipinski definition) is 3. The number of hydrogen-bond donors (Lipinski definition) is 1. The summed E-state index contributed by atoms with van der Waals surface area (Å²) < 4.78 is 0. The van der Waals surface area contributed by atoms with Crippen LogP contribution < -0.4 is 0 Å². The lowest BCUT2D eigenvalue weighted by atomic mass is 10.1. The predicted octanol–water partition coefficient (Wildman–Crippen LogP) is 2.30. The Kier molecular flexibility index (Phi) is 4.70. The van der Waals surface area contributed by atoms with E-state index in [1.807, 2.05) is 38.1 Å². The second kappa shape index (κ2) is 6.31. The number of aryl methyl sites for hydroxylation is 2. The van der Waals surface area contributed by atoms with E-state index in [1.54, 1.807) is 0 Å². The maximum atomic E-state index is 12.3. The molecule has 1 fully saturated rings. The highest BCUT2D eigenvalue weighted by Crippen LogP contribution is 2.29. The smallest absolute Gasteiger partial charge is 0.327 e. The van der Waals surface area contributed by atoms with Gasteiger partial charge >= 0.3 is 5.97 Å². The number of carbonyl (C=O) groups is 2. The third kappa shape index (κ3) is 3.33. The van der Waals surface area contributed by atoms with Crippen molar-refractivity contribution in [1.29, 1.82) is 0 Å². The summed E-state index contributed by atoms with van der Waals surface area (Å²) in [6, 6.07) is 7.39. The summed E-state index contributed by atoms with van der Waals surface area (Å²) in [5, 5.41) is 9.10. The van der Waals surface area contributed by atoms with Crippen LogP contribution in [0.15, 0.2) is 24.3 Å². The minimum atomic E-state index is -0.912. The molecule has 2 atom stereocenters. The quantitative estimate of drug-likeness (QED) is 0.925. The Balaban J connectivity index is 1.97. The number of thioether (sulfide) groups is 1. The van der Waals surface area contributed by atoms with Crippen molar-refractivity contribution in [3.63, 3.8) is 0 Å². The Morgan fingerprint density at radius 2 is 2.00 bits per heavy atom. The molecule has 1 aromatic carbocycles. The van der Waals surface area contributed by atoms with Gasteiger partial charge < -0.3 is 10.0 Å². The van der Waals surface area contributed by atoms with Gasteiger partial charge in [-0.1, -0.05) is 29.8 Å². The van der Waals surface area contributed by atoms with Crippen LogP contribution in [0.3, 0.4) is 0 Å². The Hall–Kier alpha value is -1.49. The largest absolute Gasteiger partial charge is 0.480 e. The number of amides is 1. The first-order chi connectivity index (χ1) is 9.49. The van der Waals surface area contributed by atoms with E-state index in [9.17, 15) is 9.59 Å². The molecule has 20 heavy (non-hydrogen) atoms. The van der Waals surface area contributed by atoms with Crippen molar-refractivity contribution in [2.75, 3.05) is 5.75 Å². The van der Waals surface area contributed by atoms with Crippen molar-refractivity contribution >= 4 is 23.6 Å². The molecule has 0 aliphatic carbocycles. The molecule has 1 saturated heterocycles. The number of nitrogens with zero attached hydrogens (tertiary/aromatic N) is 1. The Labute approximate surface area is 123 Å². The van der Waals surface area contributed by atoms with Crippen LogP contribution >= 0.6 is 11.8 Å². The molecule has 0 spiro atoms. The average Bonchev–Trinajstić information content (AvgIpc) is 2.80. The normalized spacial score (nSPS) is 22.0. The van der Waals surface area contributed by atoms with Gasteiger partial charge in [0.2, 0.25) is 5.91 Å². The van der Waals surface area contributed by atoms with Crippen LogP contribution in [0.4, 0.5) is 0 Å². The van der Waals surface area contributed by atoms with Crippen LogP contribution in [0.5, 0.6) is 0 Å². The van der Waals surface area contributed by atoms with Gasteiger partial charge in [-0.3, -0.25) is 4.79 Å². The fourth-order valence-corrected chi connectivity index (χ4v) is 3.54. The summed E-state index contributed by atoms with van der Waals surface area (Å²) in [6.45, 7) is 3.91. The van der Waals surface area contributed by atoms with Crippen molar-refractivity contribution in [1.82, 2.24) is 4.90 Å². The van der Waals surface area contributed by atoms with Crippen LogP contribution in [0, 0.1) is 6.92 Å². The molecule has 0 radical (unpaired) electrons. The second-order valence-electron chi connectivity index (χ2n) is 5.07. The van der Waals surface area contributed by atoms with E-state index >= 15 is 0 Å². The fraction of sp³-hybridized carbons (Fsp3) is 0.467. The lowest BCUT2D eigenvalue weighted by Gasteiger charge is -2.25. The van der Waals surface area contributed by atoms with E-state index in [1.165, 1.54) is 22.2 Å². The number of carbonyl (C=O) groups excluding carboxylic acids is 1. The number of carboxylic acid groups (broad SMARTS) is 1. The van der Waals surface area contributed by atoms with Gasteiger partial charge in [-0.2, -0.15) is 0 Å². The summed E-state index contributed by atoms with van der Waals surface area (Å²) in [5.74, 6) is -0.506. The molecule has 0 aromatic heterocycles. The third-order valence-corrected chi connectivity index (χ3v) is 4.76. The Bertz CT molecular complexity index is 500. The summed E-state index contributed by atoms with van der Waals surface area (Å²) in [4.78, 5) is 24.9. The lowest BCUT2D eigenvalue weighted by molar-refractivity contribution is -0.148. The molecular formula is C15H19NO3S. The zero-order valence-corrected chi connectivity index (χ0v) is 12.5. The SMILES string of the molecule is Cc1ccc(CCC(=O)N2C(C)SCC2C(=O)O)cc1. The lowest BCUT2D eigenvalue weighted by Crippen LogP contribution is -2.44. The van der Waals surface area contributed by atoms with Crippen molar-refractivity contribution < 1.29 is 14.7 Å². The van der Waals surface area contributed by atoms with Gasteiger partial charge in [0.25, 0.3) is 0 Å². The van der Waals surface area contributed by atoms with Gasteiger partial charge in [0.15, 0.2) is 0 Å². The first-order valence-electron chi connectivity index (χ1n) is 6.70. The highest BCUT2D eigenvalue weighted by molar-refractivity contribution is 8.00. The molecule has 1 aliphatic rings. The first kappa shape index (κ1) is 14.9. The highest BCUT2D eigenvalue weighted by Gasteiger charge is 2.38. The predicted molar refractivity (Wildman–Crippen MR) is 79.7 cm³/mol. The van der Waals surface area contributed by atoms with Gasteiger partial charge in [-0.25, -0.2) is 4.79 Å². The zero-order chi connectivity index (χ0) is 14.7. The van der Waals surface area contributed by atoms with Crippen LogP contribution in [0.25, 0.3) is 0 Å². The molecule has 0 saturated carbocycles. The molecule has 1 amide bonds. The van der Waals surface area contributed by atoms with Crippen molar-refractivity contribution in [3.05, 3.63) is 35.4 Å². The molecule has 1 aliphatic heterocycles. The third-order valence-electron chi connectivity index (χ3n) is 3.54. The Morgan fingerprint density at radius 3 is 2.60 bits per heavy atom. The molecule has 5 heteroatoms. The van der Waals surface area contributed by atoms with Crippen LogP contribution in [0.2, 0.25) is 0 Å². The number of carboxylic acids is 1. The van der Waals surface area contributed by atoms with Gasteiger partial charge in [-0.15, -0.1) is 11.8 Å². The second-order valence-corrected chi connectivity index (χ2v) is 6.42. The monoisotopic (exact) mass is 293 g/mol. The van der Waals surface area contributed by atoms with Gasteiger partial charge in [0, 0.05) is 12.2 Å². The van der Waals surface area contributed by atoms with E-state index in [4.69, 9.17) is 5.11 Å². The van der Waals surface area contributed by atoms with Gasteiger partial charge in [0.1, 0.15) is 6.04 Å². The number of aliphatic carboxylic acids is 1. The molecule has 1 N–H and O–H groups in total. The van der Waals surface area contributed by atoms with Crippen molar-refractivity contribution in [2.24, 2.45) is 0 Å². The molecule has 1 heterocycles. The molecule has 4 nitrogen and oxygen atoms in total. The number of benzene rings is 1. The van der Waals surface area contributed by atoms with Gasteiger partial charge in [0.05, 0.1) is 5.37 Å². The first-order valence-corrected chi connectivity index (χ1v) is 7.75. The van der Waals surface area contributed by atoms with E-state index in [0.29, 0.717) is 18.6 Å². The number of rotatable bonds is 4. The summed E-state index contributed by atoms with van der Waals surface area (Å²) in [7, 11) is 0. The maximum absolute atomic E-state index is 12.3. The average molecular weight is 293 g/mol. The molecule has 2 unspecified atom stereocenters. The minimum Gasteiger partial charge on any atom is -0.480 e. The van der Waals surface area contributed by atoms with Crippen LogP contribution in [-0.4, -0.2) is 39.1 Å².